The molecule has 20 heavy (non-hydrogen) atoms. The van der Waals surface area contributed by atoms with Crippen LogP contribution in [0.4, 0.5) is 11.5 Å². The minimum Gasteiger partial charge on any atom is -0.381 e. The zero-order valence-corrected chi connectivity index (χ0v) is 12.3. The number of nitrogens with one attached hydrogen (secondary N) is 1. The van der Waals surface area contributed by atoms with Crippen LogP contribution in [0.1, 0.15) is 46.0 Å². The second-order valence-electron chi connectivity index (χ2n) is 6.32. The summed E-state index contributed by atoms with van der Waals surface area (Å²) in [5.74, 6) is 0.596. The van der Waals surface area contributed by atoms with Crippen LogP contribution in [0.2, 0.25) is 0 Å². The van der Waals surface area contributed by atoms with E-state index in [4.69, 9.17) is 0 Å². The summed E-state index contributed by atoms with van der Waals surface area (Å²) in [6.07, 6.45) is 7.97. The zero-order chi connectivity index (χ0) is 14.6. The van der Waals surface area contributed by atoms with Crippen LogP contribution >= 0.6 is 0 Å². The molecule has 5 nitrogen and oxygen atoms in total. The van der Waals surface area contributed by atoms with E-state index in [-0.39, 0.29) is 5.82 Å². The molecule has 1 aromatic heterocycles. The summed E-state index contributed by atoms with van der Waals surface area (Å²) >= 11 is 0. The van der Waals surface area contributed by atoms with Crippen molar-refractivity contribution in [1.82, 2.24) is 4.98 Å². The van der Waals surface area contributed by atoms with Gasteiger partial charge in [-0.1, -0.05) is 26.7 Å². The minimum atomic E-state index is -0.471. The Morgan fingerprint density at radius 3 is 2.60 bits per heavy atom. The van der Waals surface area contributed by atoms with Crippen molar-refractivity contribution in [2.75, 3.05) is 11.9 Å². The van der Waals surface area contributed by atoms with E-state index in [0.29, 0.717) is 11.3 Å². The van der Waals surface area contributed by atoms with E-state index < -0.39 is 4.92 Å². The van der Waals surface area contributed by atoms with Gasteiger partial charge in [0.2, 0.25) is 0 Å². The summed E-state index contributed by atoms with van der Waals surface area (Å²) in [4.78, 5) is 13.9. The number of hydrogen-bond acceptors (Lipinski definition) is 4. The van der Waals surface area contributed by atoms with E-state index >= 15 is 0 Å². The predicted octanol–water partition coefficient (Wildman–Crippen LogP) is 4.01. The van der Waals surface area contributed by atoms with E-state index in [1.165, 1.54) is 38.2 Å². The predicted molar refractivity (Wildman–Crippen MR) is 79.7 cm³/mol. The van der Waals surface area contributed by atoms with Crippen molar-refractivity contribution in [1.29, 1.82) is 0 Å². The van der Waals surface area contributed by atoms with E-state index in [0.717, 1.165) is 12.2 Å². The first-order chi connectivity index (χ1) is 9.51. The largest absolute Gasteiger partial charge is 0.381 e. The quantitative estimate of drug-likeness (QED) is 0.630. The molecule has 0 atom stereocenters. The van der Waals surface area contributed by atoms with Crippen molar-refractivity contribution in [2.45, 2.75) is 46.0 Å². The van der Waals surface area contributed by atoms with Gasteiger partial charge < -0.3 is 15.4 Å². The Labute approximate surface area is 119 Å². The summed E-state index contributed by atoms with van der Waals surface area (Å²) < 4.78 is 0. The highest BCUT2D eigenvalue weighted by molar-refractivity contribution is 5.43. The average Bonchev–Trinajstić information content (AvgIpc) is 2.85. The summed E-state index contributed by atoms with van der Waals surface area (Å²) in [6, 6.07) is 3.19. The van der Waals surface area contributed by atoms with Gasteiger partial charge in [-0.15, -0.1) is 0 Å². The molecule has 0 saturated heterocycles. The first-order valence-electron chi connectivity index (χ1n) is 7.35. The maximum atomic E-state index is 10.6. The molecule has 5 heteroatoms. The molecule has 0 radical (unpaired) electrons. The van der Waals surface area contributed by atoms with E-state index in [1.807, 2.05) is 0 Å². The Balaban J connectivity index is 1.97. The van der Waals surface area contributed by atoms with Crippen LogP contribution in [0.25, 0.3) is 0 Å². The Bertz CT molecular complexity index is 451. The summed E-state index contributed by atoms with van der Waals surface area (Å²) in [6.45, 7) is 5.48. The minimum absolute atomic E-state index is 0.103. The standard InChI is InChI=1S/C15H23N3O2/c1-12(2)9-15(7-3-4-8-15)11-17-13-5-6-14(16-10-13)18(19)20/h5-6,10,12,17H,3-4,7-9,11H2,1-2H3. The number of nitrogens with zero attached hydrogens (tertiary/aromatic N) is 2. The highest BCUT2D eigenvalue weighted by Gasteiger charge is 2.34. The van der Waals surface area contributed by atoms with Crippen LogP contribution < -0.4 is 5.32 Å². The second-order valence-corrected chi connectivity index (χ2v) is 6.32. The van der Waals surface area contributed by atoms with Gasteiger partial charge in [-0.3, -0.25) is 0 Å². The lowest BCUT2D eigenvalue weighted by molar-refractivity contribution is -0.389. The first-order valence-corrected chi connectivity index (χ1v) is 7.35. The zero-order valence-electron chi connectivity index (χ0n) is 12.3. The number of nitro groups is 1. The fourth-order valence-electron chi connectivity index (χ4n) is 3.33. The molecule has 0 amide bonds. The van der Waals surface area contributed by atoms with Crippen LogP contribution in [0.3, 0.4) is 0 Å². The van der Waals surface area contributed by atoms with Gasteiger partial charge in [0.25, 0.3) is 0 Å². The van der Waals surface area contributed by atoms with Crippen molar-refractivity contribution in [3.8, 4) is 0 Å². The number of pyridine rings is 1. The molecule has 1 N–H and O–H groups in total. The van der Waals surface area contributed by atoms with Crippen molar-refractivity contribution < 1.29 is 4.92 Å². The molecule has 1 fully saturated rings. The molecule has 2 rings (SSSR count). The Hall–Kier alpha value is -1.65. The first kappa shape index (κ1) is 14.8. The lowest BCUT2D eigenvalue weighted by Gasteiger charge is -2.31. The van der Waals surface area contributed by atoms with Gasteiger partial charge in [-0.25, -0.2) is 0 Å². The summed E-state index contributed by atoms with van der Waals surface area (Å²) in [5.41, 5.74) is 1.25. The third-order valence-corrected chi connectivity index (χ3v) is 4.11. The van der Waals surface area contributed by atoms with Crippen molar-refractivity contribution >= 4 is 11.5 Å². The topological polar surface area (TPSA) is 68.1 Å². The van der Waals surface area contributed by atoms with Crippen LogP contribution in [0.5, 0.6) is 0 Å². The van der Waals surface area contributed by atoms with E-state index in [1.54, 1.807) is 12.3 Å². The van der Waals surface area contributed by atoms with E-state index in [9.17, 15) is 10.1 Å². The molecule has 110 valence electrons. The smallest absolute Gasteiger partial charge is 0.363 e. The van der Waals surface area contributed by atoms with E-state index in [2.05, 4.69) is 24.1 Å². The molecule has 0 aliphatic heterocycles. The normalized spacial score (nSPS) is 17.4. The fraction of sp³-hybridized carbons (Fsp3) is 0.667. The Morgan fingerprint density at radius 2 is 2.10 bits per heavy atom. The highest BCUT2D eigenvalue weighted by atomic mass is 16.6. The molecule has 0 aromatic carbocycles. The fourth-order valence-corrected chi connectivity index (χ4v) is 3.33. The number of rotatable bonds is 6. The highest BCUT2D eigenvalue weighted by Crippen LogP contribution is 2.43. The molecule has 1 aromatic rings. The lowest BCUT2D eigenvalue weighted by Crippen LogP contribution is -2.28. The van der Waals surface area contributed by atoms with Crippen molar-refractivity contribution in [3.63, 3.8) is 0 Å². The monoisotopic (exact) mass is 277 g/mol. The van der Waals surface area contributed by atoms with Gasteiger partial charge in [0, 0.05) is 12.6 Å². The molecule has 0 bridgehead atoms. The number of hydrogen-bond donors (Lipinski definition) is 1. The Kier molecular flexibility index (Phi) is 4.57. The molecule has 1 aliphatic rings. The molecule has 1 heterocycles. The molecule has 0 unspecified atom stereocenters. The van der Waals surface area contributed by atoms with Crippen LogP contribution in [0.15, 0.2) is 18.3 Å². The van der Waals surface area contributed by atoms with Gasteiger partial charge in [0.1, 0.15) is 0 Å². The SMILES string of the molecule is CC(C)CC1(CNc2ccc([N+](=O)[O-])nc2)CCCC1. The van der Waals surface area contributed by atoms with Crippen LogP contribution in [-0.2, 0) is 0 Å². The van der Waals surface area contributed by atoms with Crippen molar-refractivity contribution in [2.24, 2.45) is 11.3 Å². The van der Waals surface area contributed by atoms with Crippen LogP contribution in [-0.4, -0.2) is 16.5 Å². The maximum Gasteiger partial charge on any atom is 0.363 e. The summed E-state index contributed by atoms with van der Waals surface area (Å²) in [7, 11) is 0. The van der Waals surface area contributed by atoms with Gasteiger partial charge in [0.15, 0.2) is 6.20 Å². The second kappa shape index (κ2) is 6.20. The van der Waals surface area contributed by atoms with Crippen molar-refractivity contribution in [3.05, 3.63) is 28.4 Å². The third-order valence-electron chi connectivity index (χ3n) is 4.11. The van der Waals surface area contributed by atoms with Gasteiger partial charge in [-0.05, 0) is 46.6 Å². The van der Waals surface area contributed by atoms with Gasteiger partial charge >= 0.3 is 5.82 Å². The van der Waals surface area contributed by atoms with Gasteiger partial charge in [-0.2, -0.15) is 0 Å². The summed E-state index contributed by atoms with van der Waals surface area (Å²) in [5, 5.41) is 14.0. The lowest BCUT2D eigenvalue weighted by atomic mass is 9.78. The van der Waals surface area contributed by atoms with Crippen LogP contribution in [0, 0.1) is 21.4 Å². The number of anilines is 1. The van der Waals surface area contributed by atoms with Gasteiger partial charge in [0.05, 0.1) is 5.69 Å². The average molecular weight is 277 g/mol. The molecular weight excluding hydrogens is 254 g/mol. The third kappa shape index (κ3) is 3.68. The Morgan fingerprint density at radius 1 is 1.40 bits per heavy atom. The molecule has 0 spiro atoms. The molecule has 1 aliphatic carbocycles. The number of aromatic nitrogens is 1. The maximum absolute atomic E-state index is 10.6. The molecule has 1 saturated carbocycles. The molecular formula is C15H23N3O2.